The molecule has 2 aromatic heterocycles. The smallest absolute Gasteiger partial charge is 0.223 e. The van der Waals surface area contributed by atoms with Crippen LogP contribution in [0.5, 0.6) is 0 Å². The molecule has 2 aromatic rings. The average molecular weight is 326 g/mol. The van der Waals surface area contributed by atoms with Crippen LogP contribution < -0.4 is 0 Å². The van der Waals surface area contributed by atoms with Gasteiger partial charge in [0.1, 0.15) is 10.3 Å². The number of nitrogens with zero attached hydrogens (tertiary/aromatic N) is 4. The first kappa shape index (κ1) is 15.4. The third-order valence-electron chi connectivity index (χ3n) is 1.59. The first-order chi connectivity index (χ1) is 8.36. The lowest BCUT2D eigenvalue weighted by molar-refractivity contribution is 1.10. The molecule has 0 amide bonds. The van der Waals surface area contributed by atoms with Crippen molar-refractivity contribution < 1.29 is 0 Å². The van der Waals surface area contributed by atoms with Crippen LogP contribution in [0.25, 0.3) is 0 Å². The van der Waals surface area contributed by atoms with Gasteiger partial charge in [-0.1, -0.05) is 23.2 Å². The number of hydrogen-bond acceptors (Lipinski definition) is 4. The lowest BCUT2D eigenvalue weighted by atomic mass is 10.5. The van der Waals surface area contributed by atoms with E-state index in [1.54, 1.807) is 26.0 Å². The monoisotopic (exact) mass is 324 g/mol. The van der Waals surface area contributed by atoms with Gasteiger partial charge in [0.15, 0.2) is 0 Å². The first-order valence-electron chi connectivity index (χ1n) is 4.70. The SMILES string of the molecule is Cc1cc(Cl)nc(Cl)n1.Cc1cc(Cl)nc(Cl)n1. The van der Waals surface area contributed by atoms with Crippen molar-refractivity contribution in [1.82, 2.24) is 19.9 Å². The van der Waals surface area contributed by atoms with E-state index in [9.17, 15) is 0 Å². The zero-order chi connectivity index (χ0) is 13.7. The van der Waals surface area contributed by atoms with Gasteiger partial charge in [-0.3, -0.25) is 0 Å². The Bertz CT molecular complexity index is 397. The van der Waals surface area contributed by atoms with E-state index in [1.807, 2.05) is 0 Å². The maximum absolute atomic E-state index is 5.51. The standard InChI is InChI=1S/2C5H4Cl2N2/c2*1-3-2-4(6)9-5(7)8-3/h2*2H,1H3. The molecule has 4 nitrogen and oxygen atoms in total. The molecule has 96 valence electrons. The van der Waals surface area contributed by atoms with Crippen LogP contribution in [0.1, 0.15) is 11.4 Å². The first-order valence-corrected chi connectivity index (χ1v) is 6.21. The van der Waals surface area contributed by atoms with E-state index in [0.29, 0.717) is 10.3 Å². The average Bonchev–Trinajstić information content (AvgIpc) is 2.12. The molecule has 0 aliphatic carbocycles. The maximum atomic E-state index is 5.51. The van der Waals surface area contributed by atoms with Gasteiger partial charge in [-0.05, 0) is 49.2 Å². The molecule has 0 unspecified atom stereocenters. The van der Waals surface area contributed by atoms with Gasteiger partial charge in [0.25, 0.3) is 0 Å². The lowest BCUT2D eigenvalue weighted by Gasteiger charge is -1.91. The predicted octanol–water partition coefficient (Wildman–Crippen LogP) is 4.18. The summed E-state index contributed by atoms with van der Waals surface area (Å²) in [6.07, 6.45) is 0. The van der Waals surface area contributed by atoms with E-state index in [-0.39, 0.29) is 10.6 Å². The number of aryl methyl sites for hydroxylation is 2. The molecule has 2 rings (SSSR count). The summed E-state index contributed by atoms with van der Waals surface area (Å²) in [6, 6.07) is 3.29. The number of hydrogen-bond donors (Lipinski definition) is 0. The molecule has 2 heterocycles. The van der Waals surface area contributed by atoms with Crippen molar-refractivity contribution in [1.29, 1.82) is 0 Å². The third kappa shape index (κ3) is 5.78. The van der Waals surface area contributed by atoms with E-state index in [4.69, 9.17) is 46.4 Å². The highest BCUT2D eigenvalue weighted by atomic mass is 35.5. The fourth-order valence-corrected chi connectivity index (χ4v) is 2.00. The Balaban J connectivity index is 0.000000180. The molecule has 0 aliphatic heterocycles. The molecule has 0 radical (unpaired) electrons. The Kier molecular flexibility index (Phi) is 6.02. The summed E-state index contributed by atoms with van der Waals surface area (Å²) in [5.74, 6) is 0. The molecule has 0 aromatic carbocycles. The highest BCUT2D eigenvalue weighted by Gasteiger charge is 1.94. The van der Waals surface area contributed by atoms with Crippen molar-refractivity contribution >= 4 is 46.4 Å². The highest BCUT2D eigenvalue weighted by Crippen LogP contribution is 2.09. The minimum absolute atomic E-state index is 0.194. The van der Waals surface area contributed by atoms with Crippen LogP contribution in [-0.2, 0) is 0 Å². The maximum Gasteiger partial charge on any atom is 0.223 e. The van der Waals surface area contributed by atoms with Gasteiger partial charge in [-0.25, -0.2) is 19.9 Å². The molecule has 18 heavy (non-hydrogen) atoms. The van der Waals surface area contributed by atoms with Crippen LogP contribution in [0.3, 0.4) is 0 Å². The Morgan fingerprint density at radius 3 is 1.22 bits per heavy atom. The van der Waals surface area contributed by atoms with E-state index < -0.39 is 0 Å². The van der Waals surface area contributed by atoms with Crippen molar-refractivity contribution in [3.05, 3.63) is 44.4 Å². The van der Waals surface area contributed by atoms with E-state index in [1.165, 1.54) is 0 Å². The molecular formula is C10H8Cl4N4. The fraction of sp³-hybridized carbons (Fsp3) is 0.200. The summed E-state index contributed by atoms with van der Waals surface area (Å²) in [5, 5.41) is 1.15. The lowest BCUT2D eigenvalue weighted by Crippen LogP contribution is -1.85. The van der Waals surface area contributed by atoms with Crippen molar-refractivity contribution in [2.75, 3.05) is 0 Å². The Labute approximate surface area is 124 Å². The molecule has 8 heteroatoms. The van der Waals surface area contributed by atoms with Gasteiger partial charge in [0.2, 0.25) is 10.6 Å². The number of rotatable bonds is 0. The number of halogens is 4. The summed E-state index contributed by atoms with van der Waals surface area (Å²) < 4.78 is 0. The van der Waals surface area contributed by atoms with Crippen LogP contribution in [0, 0.1) is 13.8 Å². The second kappa shape index (κ2) is 7.04. The Morgan fingerprint density at radius 1 is 0.667 bits per heavy atom. The second-order valence-corrected chi connectivity index (χ2v) is 4.65. The molecule has 0 spiro atoms. The number of aromatic nitrogens is 4. The molecule has 0 saturated carbocycles. The van der Waals surface area contributed by atoms with Gasteiger partial charge < -0.3 is 0 Å². The van der Waals surface area contributed by atoms with Gasteiger partial charge in [0.05, 0.1) is 0 Å². The normalized spacial score (nSPS) is 9.67. The zero-order valence-electron chi connectivity index (χ0n) is 9.46. The van der Waals surface area contributed by atoms with Crippen LogP contribution in [0.2, 0.25) is 20.9 Å². The third-order valence-corrected chi connectivity index (χ3v) is 2.32. The highest BCUT2D eigenvalue weighted by molar-refractivity contribution is 6.32. The zero-order valence-corrected chi connectivity index (χ0v) is 12.5. The van der Waals surface area contributed by atoms with E-state index in [2.05, 4.69) is 19.9 Å². The summed E-state index contributed by atoms with van der Waals surface area (Å²) in [4.78, 5) is 14.9. The summed E-state index contributed by atoms with van der Waals surface area (Å²) in [6.45, 7) is 3.61. The molecule has 0 aliphatic rings. The van der Waals surface area contributed by atoms with Crippen molar-refractivity contribution in [2.24, 2.45) is 0 Å². The topological polar surface area (TPSA) is 51.6 Å². The molecular weight excluding hydrogens is 318 g/mol. The van der Waals surface area contributed by atoms with Crippen molar-refractivity contribution in [2.45, 2.75) is 13.8 Å². The summed E-state index contributed by atoms with van der Waals surface area (Å²) >= 11 is 21.9. The van der Waals surface area contributed by atoms with Crippen LogP contribution in [0.4, 0.5) is 0 Å². The summed E-state index contributed by atoms with van der Waals surface area (Å²) in [7, 11) is 0. The Hall–Kier alpha value is -0.680. The minimum atomic E-state index is 0.194. The van der Waals surface area contributed by atoms with Crippen LogP contribution in [0.15, 0.2) is 12.1 Å². The fourth-order valence-electron chi connectivity index (χ4n) is 0.991. The molecule has 0 atom stereocenters. The molecule has 0 bridgehead atoms. The molecule has 0 N–H and O–H groups in total. The van der Waals surface area contributed by atoms with Crippen LogP contribution in [-0.4, -0.2) is 19.9 Å². The van der Waals surface area contributed by atoms with Crippen molar-refractivity contribution in [3.8, 4) is 0 Å². The van der Waals surface area contributed by atoms with Crippen molar-refractivity contribution in [3.63, 3.8) is 0 Å². The van der Waals surface area contributed by atoms with Gasteiger partial charge >= 0.3 is 0 Å². The van der Waals surface area contributed by atoms with Crippen LogP contribution >= 0.6 is 46.4 Å². The van der Waals surface area contributed by atoms with E-state index >= 15 is 0 Å². The quantitative estimate of drug-likeness (QED) is 0.538. The van der Waals surface area contributed by atoms with Gasteiger partial charge in [-0.15, -0.1) is 0 Å². The van der Waals surface area contributed by atoms with Gasteiger partial charge in [0, 0.05) is 11.4 Å². The van der Waals surface area contributed by atoms with Gasteiger partial charge in [-0.2, -0.15) is 0 Å². The van der Waals surface area contributed by atoms with E-state index in [0.717, 1.165) is 11.4 Å². The Morgan fingerprint density at radius 2 is 1.00 bits per heavy atom. The summed E-state index contributed by atoms with van der Waals surface area (Å²) in [5.41, 5.74) is 1.56. The second-order valence-electron chi connectivity index (χ2n) is 3.20. The largest absolute Gasteiger partial charge is 0.223 e. The molecule has 0 saturated heterocycles. The molecule has 0 fully saturated rings. The predicted molar refractivity (Wildman–Crippen MR) is 73.6 cm³/mol. The minimum Gasteiger partial charge on any atom is -0.223 e.